The molecular weight excluding hydrogens is 452 g/mol. The van der Waals surface area contributed by atoms with Crippen LogP contribution in [0.25, 0.3) is 10.8 Å². The summed E-state index contributed by atoms with van der Waals surface area (Å²) in [5, 5.41) is 26.7. The highest BCUT2D eigenvalue weighted by Gasteiger charge is 2.06. The van der Waals surface area contributed by atoms with Gasteiger partial charge in [0.05, 0.1) is 6.61 Å². The molecule has 0 radical (unpaired) electrons. The Balaban J connectivity index is 0.00000185. The van der Waals surface area contributed by atoms with Crippen LogP contribution in [-0.4, -0.2) is 35.0 Å². The first-order valence-electron chi connectivity index (χ1n) is 14.0. The molecule has 3 N–H and O–H groups in total. The van der Waals surface area contributed by atoms with Gasteiger partial charge in [-0.05, 0) is 17.9 Å². The number of benzene rings is 2. The Kier molecular flexibility index (Phi) is 22.9. The largest absolute Gasteiger partial charge is 0.504 e. The average Bonchev–Trinajstić information content (AvgIpc) is 2.88. The van der Waals surface area contributed by atoms with Crippen LogP contribution in [0.2, 0.25) is 0 Å². The molecule has 0 aliphatic heterocycles. The summed E-state index contributed by atoms with van der Waals surface area (Å²) in [5.41, 5.74) is 0. The van der Waals surface area contributed by atoms with Gasteiger partial charge in [0, 0.05) is 19.4 Å². The van der Waals surface area contributed by atoms with E-state index >= 15 is 0 Å². The molecule has 206 valence electrons. The maximum Gasteiger partial charge on any atom is 0.300 e. The maximum absolute atomic E-state index is 10.4. The molecule has 5 heteroatoms. The number of phenolic OH excluding ortho intramolecular Hbond substituents is 1. The monoisotopic (exact) mass is 504 g/mol. The minimum Gasteiger partial charge on any atom is -0.504 e. The molecule has 0 aliphatic rings. The first-order chi connectivity index (χ1) is 17.6. The van der Waals surface area contributed by atoms with Gasteiger partial charge in [0.25, 0.3) is 5.97 Å². The first-order valence-corrected chi connectivity index (χ1v) is 14.0. The number of unbranched alkanes of at least 4 members (excludes halogenated alkanes) is 15. The predicted molar refractivity (Wildman–Crippen MR) is 152 cm³/mol. The first kappa shape index (κ1) is 33.7. The molecule has 0 amide bonds. The lowest BCUT2D eigenvalue weighted by Gasteiger charge is -2.10. The van der Waals surface area contributed by atoms with E-state index in [-0.39, 0.29) is 5.75 Å². The average molecular weight is 505 g/mol. The van der Waals surface area contributed by atoms with Crippen LogP contribution in [0.4, 0.5) is 0 Å². The SMILES string of the molecule is CC(=O)O.CCCCCCCCCCCCCCCCCCOc1ccc2ccccc2c1O.CO. The molecule has 0 fully saturated rings. The second kappa shape index (κ2) is 24.4. The Bertz CT molecular complexity index is 771. The van der Waals surface area contributed by atoms with E-state index in [9.17, 15) is 5.11 Å². The molecule has 2 rings (SSSR count). The highest BCUT2D eigenvalue weighted by Crippen LogP contribution is 2.34. The van der Waals surface area contributed by atoms with E-state index in [4.69, 9.17) is 19.7 Å². The van der Waals surface area contributed by atoms with Gasteiger partial charge in [-0.15, -0.1) is 0 Å². The lowest BCUT2D eigenvalue weighted by Crippen LogP contribution is -1.97. The molecule has 5 nitrogen and oxygen atoms in total. The lowest BCUT2D eigenvalue weighted by atomic mass is 10.0. The van der Waals surface area contributed by atoms with Gasteiger partial charge in [0.1, 0.15) is 0 Å². The molecule has 0 spiro atoms. The van der Waals surface area contributed by atoms with Gasteiger partial charge < -0.3 is 20.1 Å². The summed E-state index contributed by atoms with van der Waals surface area (Å²) >= 11 is 0. The zero-order valence-electron chi connectivity index (χ0n) is 23.1. The second-order valence-electron chi connectivity index (χ2n) is 9.30. The van der Waals surface area contributed by atoms with Gasteiger partial charge in [-0.3, -0.25) is 4.79 Å². The van der Waals surface area contributed by atoms with E-state index in [1.807, 2.05) is 36.4 Å². The molecule has 0 unspecified atom stereocenters. The van der Waals surface area contributed by atoms with Crippen LogP contribution in [0.1, 0.15) is 117 Å². The van der Waals surface area contributed by atoms with Crippen molar-refractivity contribution in [3.63, 3.8) is 0 Å². The molecule has 0 bridgehead atoms. The normalized spacial score (nSPS) is 10.2. The molecule has 36 heavy (non-hydrogen) atoms. The number of rotatable bonds is 18. The van der Waals surface area contributed by atoms with Crippen LogP contribution in [-0.2, 0) is 4.79 Å². The van der Waals surface area contributed by atoms with E-state index in [2.05, 4.69) is 6.92 Å². The van der Waals surface area contributed by atoms with Gasteiger partial charge in [-0.2, -0.15) is 0 Å². The number of ether oxygens (including phenoxy) is 1. The molecule has 0 saturated heterocycles. The minimum absolute atomic E-state index is 0.268. The lowest BCUT2D eigenvalue weighted by molar-refractivity contribution is -0.134. The Morgan fingerprint density at radius 1 is 0.694 bits per heavy atom. The fourth-order valence-corrected chi connectivity index (χ4v) is 4.18. The smallest absolute Gasteiger partial charge is 0.300 e. The third-order valence-corrected chi connectivity index (χ3v) is 6.12. The van der Waals surface area contributed by atoms with Gasteiger partial charge in [0.15, 0.2) is 11.5 Å². The number of fused-ring (bicyclic) bond motifs is 1. The topological polar surface area (TPSA) is 87.0 Å². The third kappa shape index (κ3) is 18.1. The summed E-state index contributed by atoms with van der Waals surface area (Å²) in [5.74, 6) is 0.0410. The second-order valence-corrected chi connectivity index (χ2v) is 9.30. The number of carboxylic acid groups (broad SMARTS) is 1. The van der Waals surface area contributed by atoms with Crippen LogP contribution < -0.4 is 4.74 Å². The van der Waals surface area contributed by atoms with E-state index < -0.39 is 5.97 Å². The standard InChI is InChI=1S/C28H44O2.C2H4O2.CH4O/c1-2-3-4-5-6-7-8-9-10-11-12-13-14-15-16-19-24-30-27-23-22-25-20-17-18-21-26(25)28(27)29;1-2(3)4;1-2/h17-18,20-23,29H,2-16,19,24H2,1H3;1H3,(H,3,4);2H,1H3. The summed E-state index contributed by atoms with van der Waals surface area (Å²) in [6, 6.07) is 11.8. The Labute approximate surface area is 219 Å². The predicted octanol–water partition coefficient (Wildman–Crippen LogP) is 8.89. The van der Waals surface area contributed by atoms with Crippen molar-refractivity contribution in [1.29, 1.82) is 0 Å². The number of hydrogen-bond acceptors (Lipinski definition) is 4. The number of carboxylic acids is 1. The molecule has 2 aromatic rings. The summed E-state index contributed by atoms with van der Waals surface area (Å²) in [6.07, 6.45) is 22.0. The fourth-order valence-electron chi connectivity index (χ4n) is 4.18. The Hall–Kier alpha value is -2.27. The number of aliphatic hydroxyl groups is 1. The van der Waals surface area contributed by atoms with Crippen LogP contribution >= 0.6 is 0 Å². The number of hydrogen-bond donors (Lipinski definition) is 3. The molecule has 0 aromatic heterocycles. The van der Waals surface area contributed by atoms with Crippen molar-refractivity contribution in [3.05, 3.63) is 36.4 Å². The van der Waals surface area contributed by atoms with Gasteiger partial charge in [-0.25, -0.2) is 0 Å². The molecular formula is C31H52O5. The number of carbonyl (C=O) groups is 1. The summed E-state index contributed by atoms with van der Waals surface area (Å²) < 4.78 is 5.81. The van der Waals surface area contributed by atoms with E-state index in [0.29, 0.717) is 12.4 Å². The molecule has 0 saturated carbocycles. The van der Waals surface area contributed by atoms with Crippen LogP contribution in [0.3, 0.4) is 0 Å². The molecule has 2 aromatic carbocycles. The van der Waals surface area contributed by atoms with E-state index in [0.717, 1.165) is 31.2 Å². The van der Waals surface area contributed by atoms with Gasteiger partial charge in [-0.1, -0.05) is 134 Å². The van der Waals surface area contributed by atoms with E-state index in [1.165, 1.54) is 96.3 Å². The number of aliphatic carboxylic acids is 1. The van der Waals surface area contributed by atoms with Crippen molar-refractivity contribution in [2.24, 2.45) is 0 Å². The number of aromatic hydroxyl groups is 1. The summed E-state index contributed by atoms with van der Waals surface area (Å²) in [7, 11) is 1.00. The fraction of sp³-hybridized carbons (Fsp3) is 0.645. The van der Waals surface area contributed by atoms with Crippen molar-refractivity contribution in [1.82, 2.24) is 0 Å². The summed E-state index contributed by atoms with van der Waals surface area (Å²) in [6.45, 7) is 4.05. The van der Waals surface area contributed by atoms with Crippen LogP contribution in [0.5, 0.6) is 11.5 Å². The van der Waals surface area contributed by atoms with Crippen molar-refractivity contribution < 1.29 is 24.9 Å². The quantitative estimate of drug-likeness (QED) is 0.176. The Morgan fingerprint density at radius 3 is 1.58 bits per heavy atom. The highest BCUT2D eigenvalue weighted by atomic mass is 16.5. The maximum atomic E-state index is 10.4. The van der Waals surface area contributed by atoms with Crippen molar-refractivity contribution >= 4 is 16.7 Å². The third-order valence-electron chi connectivity index (χ3n) is 6.12. The molecule has 0 aliphatic carbocycles. The minimum atomic E-state index is -0.833. The van der Waals surface area contributed by atoms with Crippen LogP contribution in [0, 0.1) is 0 Å². The highest BCUT2D eigenvalue weighted by molar-refractivity contribution is 5.90. The number of aliphatic hydroxyl groups excluding tert-OH is 1. The summed E-state index contributed by atoms with van der Waals surface area (Å²) in [4.78, 5) is 9.00. The van der Waals surface area contributed by atoms with Crippen molar-refractivity contribution in [3.8, 4) is 11.5 Å². The van der Waals surface area contributed by atoms with Crippen molar-refractivity contribution in [2.45, 2.75) is 117 Å². The number of phenols is 1. The zero-order valence-corrected chi connectivity index (χ0v) is 23.1. The van der Waals surface area contributed by atoms with Gasteiger partial charge in [0.2, 0.25) is 0 Å². The molecule has 0 atom stereocenters. The van der Waals surface area contributed by atoms with E-state index in [1.54, 1.807) is 0 Å². The van der Waals surface area contributed by atoms with Crippen molar-refractivity contribution in [2.75, 3.05) is 13.7 Å². The zero-order chi connectivity index (χ0) is 26.9. The van der Waals surface area contributed by atoms with Gasteiger partial charge >= 0.3 is 0 Å². The Morgan fingerprint density at radius 2 is 1.11 bits per heavy atom. The van der Waals surface area contributed by atoms with Crippen LogP contribution in [0.15, 0.2) is 36.4 Å². The molecule has 0 heterocycles.